The first kappa shape index (κ1) is 10.9. The number of rotatable bonds is 3. The highest BCUT2D eigenvalue weighted by Crippen LogP contribution is 2.27. The molecule has 0 saturated heterocycles. The maximum absolute atomic E-state index is 11.1. The van der Waals surface area contributed by atoms with Crippen molar-refractivity contribution in [2.45, 2.75) is 0 Å². The second-order valence-electron chi connectivity index (χ2n) is 2.62. The van der Waals surface area contributed by atoms with Gasteiger partial charge in [0.25, 0.3) is 5.91 Å². The molecule has 7 heteroatoms. The highest BCUT2D eigenvalue weighted by molar-refractivity contribution is 5.94. The molecule has 1 rings (SSSR count). The van der Waals surface area contributed by atoms with Gasteiger partial charge in [0.2, 0.25) is 0 Å². The van der Waals surface area contributed by atoms with E-state index in [1.807, 2.05) is 5.43 Å². The first-order chi connectivity index (χ1) is 7.10. The van der Waals surface area contributed by atoms with Crippen molar-refractivity contribution in [3.8, 4) is 5.75 Å². The van der Waals surface area contributed by atoms with E-state index in [1.165, 1.54) is 19.2 Å². The van der Waals surface area contributed by atoms with E-state index in [2.05, 4.69) is 0 Å². The van der Waals surface area contributed by atoms with Crippen molar-refractivity contribution >= 4 is 11.6 Å². The minimum atomic E-state index is -0.633. The molecule has 7 nitrogen and oxygen atoms in total. The number of nitrogens with one attached hydrogen (secondary N) is 1. The smallest absolute Gasteiger partial charge is 0.311 e. The molecule has 0 fully saturated rings. The van der Waals surface area contributed by atoms with Crippen molar-refractivity contribution in [1.29, 1.82) is 0 Å². The quantitative estimate of drug-likeness (QED) is 0.321. The predicted molar refractivity (Wildman–Crippen MR) is 51.3 cm³/mol. The van der Waals surface area contributed by atoms with Gasteiger partial charge in [0.1, 0.15) is 0 Å². The Labute approximate surface area is 84.9 Å². The van der Waals surface area contributed by atoms with Crippen LogP contribution in [0.15, 0.2) is 18.2 Å². The van der Waals surface area contributed by atoms with Crippen molar-refractivity contribution in [3.05, 3.63) is 33.9 Å². The summed E-state index contributed by atoms with van der Waals surface area (Å²) < 4.78 is 4.77. The molecule has 0 unspecified atom stereocenters. The summed E-state index contributed by atoms with van der Waals surface area (Å²) in [6.45, 7) is 0. The van der Waals surface area contributed by atoms with Gasteiger partial charge >= 0.3 is 5.69 Å². The van der Waals surface area contributed by atoms with Gasteiger partial charge in [-0.15, -0.1) is 0 Å². The normalized spacial score (nSPS) is 9.47. The number of amides is 1. The van der Waals surface area contributed by atoms with Crippen LogP contribution < -0.4 is 16.0 Å². The first-order valence-electron chi connectivity index (χ1n) is 3.93. The second kappa shape index (κ2) is 4.38. The van der Waals surface area contributed by atoms with Crippen LogP contribution in [0.3, 0.4) is 0 Å². The van der Waals surface area contributed by atoms with E-state index < -0.39 is 10.8 Å². The summed E-state index contributed by atoms with van der Waals surface area (Å²) in [5.74, 6) is 4.39. The van der Waals surface area contributed by atoms with E-state index >= 15 is 0 Å². The number of carbonyl (C=O) groups excluding carboxylic acids is 1. The van der Waals surface area contributed by atoms with Gasteiger partial charge < -0.3 is 4.74 Å². The van der Waals surface area contributed by atoms with Crippen LogP contribution >= 0.6 is 0 Å². The standard InChI is InChI=1S/C8H9N3O4/c1-15-7-3-2-5(8(12)10-9)4-6(7)11(13)14/h2-4H,9H2,1H3,(H,10,12). The van der Waals surface area contributed by atoms with Gasteiger partial charge in [-0.2, -0.15) is 0 Å². The highest BCUT2D eigenvalue weighted by atomic mass is 16.6. The van der Waals surface area contributed by atoms with Gasteiger partial charge in [-0.05, 0) is 12.1 Å². The Morgan fingerprint density at radius 3 is 2.73 bits per heavy atom. The highest BCUT2D eigenvalue weighted by Gasteiger charge is 2.17. The molecule has 1 amide bonds. The number of carbonyl (C=O) groups is 1. The van der Waals surface area contributed by atoms with Crippen molar-refractivity contribution < 1.29 is 14.5 Å². The largest absolute Gasteiger partial charge is 0.490 e. The minimum Gasteiger partial charge on any atom is -0.490 e. The van der Waals surface area contributed by atoms with Crippen LogP contribution in [-0.4, -0.2) is 17.9 Å². The number of benzene rings is 1. The van der Waals surface area contributed by atoms with Crippen molar-refractivity contribution in [3.63, 3.8) is 0 Å². The molecule has 15 heavy (non-hydrogen) atoms. The van der Waals surface area contributed by atoms with Gasteiger partial charge in [-0.3, -0.25) is 20.3 Å². The SMILES string of the molecule is COc1ccc(C(=O)NN)cc1[N+](=O)[O-]. The van der Waals surface area contributed by atoms with Gasteiger partial charge in [-0.1, -0.05) is 0 Å². The monoisotopic (exact) mass is 211 g/mol. The lowest BCUT2D eigenvalue weighted by atomic mass is 10.2. The first-order valence-corrected chi connectivity index (χ1v) is 3.93. The molecule has 0 bridgehead atoms. The number of nitro benzene ring substituents is 1. The van der Waals surface area contributed by atoms with E-state index in [4.69, 9.17) is 10.6 Å². The topological polar surface area (TPSA) is 107 Å². The molecule has 0 radical (unpaired) electrons. The van der Waals surface area contributed by atoms with Crippen LogP contribution in [0.25, 0.3) is 0 Å². The number of methoxy groups -OCH3 is 1. The molecule has 1 aromatic rings. The second-order valence-corrected chi connectivity index (χ2v) is 2.62. The van der Waals surface area contributed by atoms with Crippen LogP contribution in [0.5, 0.6) is 5.75 Å². The molecule has 3 N–H and O–H groups in total. The number of ether oxygens (including phenoxy) is 1. The van der Waals surface area contributed by atoms with Crippen LogP contribution in [0.2, 0.25) is 0 Å². The summed E-state index contributed by atoms with van der Waals surface area (Å²) >= 11 is 0. The Bertz CT molecular complexity index is 405. The zero-order valence-electron chi connectivity index (χ0n) is 7.89. The van der Waals surface area contributed by atoms with E-state index in [9.17, 15) is 14.9 Å². The maximum atomic E-state index is 11.1. The third-order valence-electron chi connectivity index (χ3n) is 1.77. The molecular weight excluding hydrogens is 202 g/mol. The summed E-state index contributed by atoms with van der Waals surface area (Å²) in [7, 11) is 1.31. The summed E-state index contributed by atoms with van der Waals surface area (Å²) in [4.78, 5) is 21.1. The number of hydrogen-bond acceptors (Lipinski definition) is 5. The molecule has 0 aliphatic rings. The van der Waals surface area contributed by atoms with Crippen molar-refractivity contribution in [1.82, 2.24) is 5.43 Å². The third-order valence-corrected chi connectivity index (χ3v) is 1.77. The van der Waals surface area contributed by atoms with Crippen LogP contribution in [0.1, 0.15) is 10.4 Å². The Kier molecular flexibility index (Phi) is 3.19. The predicted octanol–water partition coefficient (Wildman–Crippen LogP) is 0.207. The minimum absolute atomic E-state index is 0.0913. The molecule has 0 aliphatic heterocycles. The van der Waals surface area contributed by atoms with Gasteiger partial charge in [-0.25, -0.2) is 5.84 Å². The van der Waals surface area contributed by atoms with Crippen molar-refractivity contribution in [2.75, 3.05) is 7.11 Å². The van der Waals surface area contributed by atoms with E-state index in [0.29, 0.717) is 0 Å². The fourth-order valence-electron chi connectivity index (χ4n) is 1.06. The van der Waals surface area contributed by atoms with Crippen molar-refractivity contribution in [2.24, 2.45) is 5.84 Å². The average Bonchev–Trinajstić information content (AvgIpc) is 2.27. The molecule has 1 aromatic carbocycles. The zero-order valence-corrected chi connectivity index (χ0v) is 7.89. The summed E-state index contributed by atoms with van der Waals surface area (Å²) in [6, 6.07) is 3.82. The van der Waals surface area contributed by atoms with Crippen LogP contribution in [0.4, 0.5) is 5.69 Å². The lowest BCUT2D eigenvalue weighted by molar-refractivity contribution is -0.385. The third kappa shape index (κ3) is 2.20. The number of nitrogens with zero attached hydrogens (tertiary/aromatic N) is 1. The van der Waals surface area contributed by atoms with Gasteiger partial charge in [0, 0.05) is 11.6 Å². The Hall–Kier alpha value is -2.15. The fourth-order valence-corrected chi connectivity index (χ4v) is 1.06. The Morgan fingerprint density at radius 1 is 1.60 bits per heavy atom. The van der Waals surface area contributed by atoms with E-state index in [-0.39, 0.29) is 17.0 Å². The Balaban J connectivity index is 3.22. The maximum Gasteiger partial charge on any atom is 0.311 e. The summed E-state index contributed by atoms with van der Waals surface area (Å²) in [5.41, 5.74) is 1.71. The molecule has 80 valence electrons. The molecule has 0 aromatic heterocycles. The summed E-state index contributed by atoms with van der Waals surface area (Å²) in [5, 5.41) is 10.6. The molecule has 0 atom stereocenters. The Morgan fingerprint density at radius 2 is 2.27 bits per heavy atom. The number of nitrogens with two attached hydrogens (primary N) is 1. The average molecular weight is 211 g/mol. The van der Waals surface area contributed by atoms with Gasteiger partial charge in [0.05, 0.1) is 12.0 Å². The fraction of sp³-hybridized carbons (Fsp3) is 0.125. The summed E-state index contributed by atoms with van der Waals surface area (Å²) in [6.07, 6.45) is 0. The molecule has 0 aliphatic carbocycles. The van der Waals surface area contributed by atoms with Crippen LogP contribution in [0, 0.1) is 10.1 Å². The zero-order chi connectivity index (χ0) is 11.4. The van der Waals surface area contributed by atoms with Gasteiger partial charge in [0.15, 0.2) is 5.75 Å². The molecule has 0 heterocycles. The number of hydrazine groups is 1. The number of hydrogen-bond donors (Lipinski definition) is 2. The van der Waals surface area contributed by atoms with E-state index in [1.54, 1.807) is 0 Å². The number of nitro groups is 1. The lowest BCUT2D eigenvalue weighted by Crippen LogP contribution is -2.29. The molecule has 0 saturated carbocycles. The van der Waals surface area contributed by atoms with Crippen LogP contribution in [-0.2, 0) is 0 Å². The molecule has 0 spiro atoms. The number of nitrogen functional groups attached to an aromatic ring is 1. The molecular formula is C8H9N3O4. The lowest BCUT2D eigenvalue weighted by Gasteiger charge is -2.03. The van der Waals surface area contributed by atoms with E-state index in [0.717, 1.165) is 6.07 Å².